The van der Waals surface area contributed by atoms with E-state index in [1.807, 2.05) is 43.6 Å². The Hall–Kier alpha value is -2.63. The number of nitrogens with zero attached hydrogens (tertiary/aromatic N) is 2. The van der Waals surface area contributed by atoms with Crippen molar-refractivity contribution < 1.29 is 14.3 Å². The number of esters is 1. The zero-order chi connectivity index (χ0) is 16.7. The third kappa shape index (κ3) is 5.25. The van der Waals surface area contributed by atoms with Gasteiger partial charge < -0.3 is 10.1 Å². The average molecular weight is 315 g/mol. The van der Waals surface area contributed by atoms with Gasteiger partial charge in [0.05, 0.1) is 25.8 Å². The standard InChI is InChI=1S/C17H21N3O3/c1-20-12-13(11-18-20)8-9-16(21)19-15(10-17(22)23-2)14-6-4-3-5-7-14/h3-7,11-12,15H,8-10H2,1-2H3,(H,19,21)/t15-/m0/s1. The molecule has 0 aliphatic carbocycles. The fourth-order valence-electron chi connectivity index (χ4n) is 2.31. The zero-order valence-corrected chi connectivity index (χ0v) is 13.4. The van der Waals surface area contributed by atoms with Crippen molar-refractivity contribution in [3.05, 3.63) is 53.9 Å². The van der Waals surface area contributed by atoms with Gasteiger partial charge in [-0.2, -0.15) is 5.10 Å². The van der Waals surface area contributed by atoms with E-state index in [1.165, 1.54) is 7.11 Å². The fourth-order valence-corrected chi connectivity index (χ4v) is 2.31. The molecule has 0 radical (unpaired) electrons. The summed E-state index contributed by atoms with van der Waals surface area (Å²) in [7, 11) is 3.18. The molecule has 6 nitrogen and oxygen atoms in total. The summed E-state index contributed by atoms with van der Waals surface area (Å²) in [5.74, 6) is -0.460. The minimum Gasteiger partial charge on any atom is -0.469 e. The van der Waals surface area contributed by atoms with Crippen molar-refractivity contribution in [3.8, 4) is 0 Å². The number of hydrogen-bond donors (Lipinski definition) is 1. The lowest BCUT2D eigenvalue weighted by Gasteiger charge is -2.18. The van der Waals surface area contributed by atoms with Crippen LogP contribution in [0.15, 0.2) is 42.7 Å². The van der Waals surface area contributed by atoms with Crippen LogP contribution in [0.4, 0.5) is 0 Å². The number of rotatable bonds is 7. The van der Waals surface area contributed by atoms with Crippen molar-refractivity contribution in [2.75, 3.05) is 7.11 Å². The first-order valence-electron chi connectivity index (χ1n) is 7.47. The number of hydrogen-bond acceptors (Lipinski definition) is 4. The molecule has 1 heterocycles. The summed E-state index contributed by atoms with van der Waals surface area (Å²) in [6.45, 7) is 0. The SMILES string of the molecule is COC(=O)C[C@H](NC(=O)CCc1cnn(C)c1)c1ccccc1. The quantitative estimate of drug-likeness (QED) is 0.790. The van der Waals surface area contributed by atoms with Gasteiger partial charge in [0, 0.05) is 19.7 Å². The highest BCUT2D eigenvalue weighted by molar-refractivity contribution is 5.78. The number of benzene rings is 1. The van der Waals surface area contributed by atoms with Crippen LogP contribution in [0, 0.1) is 0 Å². The van der Waals surface area contributed by atoms with Gasteiger partial charge in [-0.1, -0.05) is 30.3 Å². The van der Waals surface area contributed by atoms with E-state index in [-0.39, 0.29) is 24.3 Å². The lowest BCUT2D eigenvalue weighted by Crippen LogP contribution is -2.30. The first-order valence-corrected chi connectivity index (χ1v) is 7.47. The molecule has 2 rings (SSSR count). The number of nitrogens with one attached hydrogen (secondary N) is 1. The van der Waals surface area contributed by atoms with Crippen molar-refractivity contribution in [1.29, 1.82) is 0 Å². The Balaban J connectivity index is 1.96. The third-order valence-corrected chi connectivity index (χ3v) is 3.53. The van der Waals surface area contributed by atoms with Gasteiger partial charge >= 0.3 is 5.97 Å². The number of methoxy groups -OCH3 is 1. The smallest absolute Gasteiger partial charge is 0.307 e. The normalized spacial score (nSPS) is 11.7. The second-order valence-electron chi connectivity index (χ2n) is 5.33. The molecule has 0 aliphatic heterocycles. The van der Waals surface area contributed by atoms with E-state index < -0.39 is 0 Å². The highest BCUT2D eigenvalue weighted by Gasteiger charge is 2.18. The fraction of sp³-hybridized carbons (Fsp3) is 0.353. The molecule has 0 spiro atoms. The molecule has 0 saturated heterocycles. The Labute approximate surface area is 135 Å². The van der Waals surface area contributed by atoms with Crippen LogP contribution in [-0.2, 0) is 27.8 Å². The van der Waals surface area contributed by atoms with Crippen molar-refractivity contribution >= 4 is 11.9 Å². The van der Waals surface area contributed by atoms with Gasteiger partial charge in [0.25, 0.3) is 0 Å². The van der Waals surface area contributed by atoms with Gasteiger partial charge in [-0.15, -0.1) is 0 Å². The van der Waals surface area contributed by atoms with Crippen LogP contribution >= 0.6 is 0 Å². The molecule has 1 aromatic carbocycles. The van der Waals surface area contributed by atoms with Gasteiger partial charge in [0.1, 0.15) is 0 Å². The second-order valence-corrected chi connectivity index (χ2v) is 5.33. The third-order valence-electron chi connectivity index (χ3n) is 3.53. The Morgan fingerprint density at radius 1 is 1.30 bits per heavy atom. The van der Waals surface area contributed by atoms with E-state index in [0.717, 1.165) is 11.1 Å². The summed E-state index contributed by atoms with van der Waals surface area (Å²) < 4.78 is 6.42. The van der Waals surface area contributed by atoms with Crippen molar-refractivity contribution in [2.24, 2.45) is 7.05 Å². The van der Waals surface area contributed by atoms with Gasteiger partial charge in [-0.05, 0) is 17.5 Å². The van der Waals surface area contributed by atoms with Crippen LogP contribution in [0.25, 0.3) is 0 Å². The summed E-state index contributed by atoms with van der Waals surface area (Å²) in [5.41, 5.74) is 1.89. The zero-order valence-electron chi connectivity index (χ0n) is 13.4. The Kier molecular flexibility index (Phi) is 5.91. The topological polar surface area (TPSA) is 73.2 Å². The maximum atomic E-state index is 12.2. The molecule has 1 aromatic heterocycles. The van der Waals surface area contributed by atoms with E-state index in [0.29, 0.717) is 12.8 Å². The molecule has 0 bridgehead atoms. The van der Waals surface area contributed by atoms with Gasteiger partial charge in [-0.25, -0.2) is 0 Å². The predicted molar refractivity (Wildman–Crippen MR) is 85.5 cm³/mol. The minimum absolute atomic E-state index is 0.105. The Morgan fingerprint density at radius 3 is 2.65 bits per heavy atom. The van der Waals surface area contributed by atoms with Crippen molar-refractivity contribution in [3.63, 3.8) is 0 Å². The van der Waals surface area contributed by atoms with Crippen LogP contribution in [0.5, 0.6) is 0 Å². The maximum absolute atomic E-state index is 12.2. The Bertz CT molecular complexity index is 652. The van der Waals surface area contributed by atoms with E-state index in [2.05, 4.69) is 10.4 Å². The van der Waals surface area contributed by atoms with E-state index in [9.17, 15) is 9.59 Å². The summed E-state index contributed by atoms with van der Waals surface area (Å²) >= 11 is 0. The number of ether oxygens (including phenoxy) is 1. The van der Waals surface area contributed by atoms with Crippen molar-refractivity contribution in [2.45, 2.75) is 25.3 Å². The van der Waals surface area contributed by atoms with Crippen LogP contribution in [0.2, 0.25) is 0 Å². The number of aryl methyl sites for hydroxylation is 2. The monoisotopic (exact) mass is 315 g/mol. The highest BCUT2D eigenvalue weighted by Crippen LogP contribution is 2.17. The van der Waals surface area contributed by atoms with Crippen LogP contribution in [-0.4, -0.2) is 28.8 Å². The molecule has 0 aliphatic rings. The molecule has 1 atom stereocenters. The molecular weight excluding hydrogens is 294 g/mol. The van der Waals surface area contributed by atoms with Gasteiger partial charge in [0.15, 0.2) is 0 Å². The lowest BCUT2D eigenvalue weighted by molar-refractivity contribution is -0.141. The van der Waals surface area contributed by atoms with Crippen LogP contribution in [0.1, 0.15) is 30.0 Å². The van der Waals surface area contributed by atoms with E-state index in [4.69, 9.17) is 4.74 Å². The van der Waals surface area contributed by atoms with Crippen molar-refractivity contribution in [1.82, 2.24) is 15.1 Å². The maximum Gasteiger partial charge on any atom is 0.307 e. The van der Waals surface area contributed by atoms with Gasteiger partial charge in [-0.3, -0.25) is 14.3 Å². The van der Waals surface area contributed by atoms with E-state index >= 15 is 0 Å². The molecule has 122 valence electrons. The Morgan fingerprint density at radius 2 is 2.04 bits per heavy atom. The van der Waals surface area contributed by atoms with Crippen LogP contribution < -0.4 is 5.32 Å². The van der Waals surface area contributed by atoms with Crippen LogP contribution in [0.3, 0.4) is 0 Å². The molecule has 2 aromatic rings. The summed E-state index contributed by atoms with van der Waals surface area (Å²) in [4.78, 5) is 23.8. The number of carbonyl (C=O) groups excluding carboxylic acids is 2. The highest BCUT2D eigenvalue weighted by atomic mass is 16.5. The summed E-state index contributed by atoms with van der Waals surface area (Å²) in [5, 5.41) is 6.99. The molecule has 1 amide bonds. The molecule has 0 saturated carbocycles. The summed E-state index contributed by atoms with van der Waals surface area (Å²) in [6, 6.07) is 9.03. The lowest BCUT2D eigenvalue weighted by atomic mass is 10.0. The molecule has 23 heavy (non-hydrogen) atoms. The molecule has 0 fully saturated rings. The molecule has 6 heteroatoms. The molecule has 0 unspecified atom stereocenters. The van der Waals surface area contributed by atoms with E-state index in [1.54, 1.807) is 10.9 Å². The molecular formula is C17H21N3O3. The van der Waals surface area contributed by atoms with Gasteiger partial charge in [0.2, 0.25) is 5.91 Å². The first-order chi connectivity index (χ1) is 11.1. The predicted octanol–water partition coefficient (Wildman–Crippen LogP) is 1.77. The summed E-state index contributed by atoms with van der Waals surface area (Å²) in [6.07, 6.45) is 4.70. The number of carbonyl (C=O) groups is 2. The second kappa shape index (κ2) is 8.12. The first kappa shape index (κ1) is 16.7. The average Bonchev–Trinajstić information content (AvgIpc) is 2.98. The largest absolute Gasteiger partial charge is 0.469 e. The number of amides is 1. The minimum atomic E-state index is -0.384. The number of aromatic nitrogens is 2. The molecule has 1 N–H and O–H groups in total.